The van der Waals surface area contributed by atoms with Crippen LogP contribution in [0.3, 0.4) is 0 Å². The number of carbonyl (C=O) groups excluding carboxylic acids is 1. The van der Waals surface area contributed by atoms with Crippen molar-refractivity contribution in [1.29, 1.82) is 0 Å². The van der Waals surface area contributed by atoms with Gasteiger partial charge in [-0.15, -0.1) is 0 Å². The predicted molar refractivity (Wildman–Crippen MR) is 95.7 cm³/mol. The van der Waals surface area contributed by atoms with E-state index in [9.17, 15) is 4.79 Å². The highest BCUT2D eigenvalue weighted by atomic mass is 16.6. The smallest absolute Gasteiger partial charge is 0.267 e. The van der Waals surface area contributed by atoms with Crippen LogP contribution in [0.25, 0.3) is 10.9 Å². The van der Waals surface area contributed by atoms with Gasteiger partial charge in [0.15, 0.2) is 11.5 Å². The first-order chi connectivity index (χ1) is 12.1. The molecule has 5 nitrogen and oxygen atoms in total. The summed E-state index contributed by atoms with van der Waals surface area (Å²) in [5.41, 5.74) is 2.23. The number of rotatable bonds is 3. The van der Waals surface area contributed by atoms with E-state index in [1.54, 1.807) is 11.9 Å². The molecule has 1 amide bonds. The van der Waals surface area contributed by atoms with Crippen molar-refractivity contribution in [3.63, 3.8) is 0 Å². The second kappa shape index (κ2) is 6.16. The third-order valence-electron chi connectivity index (χ3n) is 4.61. The van der Waals surface area contributed by atoms with Crippen molar-refractivity contribution in [2.75, 3.05) is 13.7 Å². The zero-order valence-corrected chi connectivity index (χ0v) is 14.3. The third-order valence-corrected chi connectivity index (χ3v) is 4.61. The molecule has 2 aromatic carbocycles. The quantitative estimate of drug-likeness (QED) is 0.738. The Morgan fingerprint density at radius 2 is 1.88 bits per heavy atom. The highest BCUT2D eigenvalue weighted by Crippen LogP contribution is 2.31. The maximum atomic E-state index is 12.8. The minimum atomic E-state index is -0.616. The molecule has 0 aliphatic carbocycles. The summed E-state index contributed by atoms with van der Waals surface area (Å²) in [5, 5.41) is 1.17. The Hall–Kier alpha value is -2.95. The molecule has 1 aliphatic heterocycles. The molecule has 1 aliphatic rings. The lowest BCUT2D eigenvalue weighted by Gasteiger charge is -2.28. The number of benzene rings is 2. The minimum Gasteiger partial charge on any atom is -0.485 e. The molecule has 3 aromatic rings. The zero-order chi connectivity index (χ0) is 17.4. The molecular formula is C20H20N2O3. The first-order valence-electron chi connectivity index (χ1n) is 8.30. The molecule has 0 unspecified atom stereocenters. The van der Waals surface area contributed by atoms with Crippen molar-refractivity contribution >= 4 is 16.8 Å². The van der Waals surface area contributed by atoms with Crippen molar-refractivity contribution in [2.45, 2.75) is 12.6 Å². The number of hydrogen-bond donors (Lipinski definition) is 0. The fraction of sp³-hybridized carbons (Fsp3) is 0.250. The van der Waals surface area contributed by atoms with Crippen LogP contribution >= 0.6 is 0 Å². The summed E-state index contributed by atoms with van der Waals surface area (Å²) in [6.07, 6.45) is -0.616. The molecule has 5 heteroatoms. The minimum absolute atomic E-state index is 0.0836. The number of likely N-dealkylation sites (N-methyl/N-ethyl adjacent to an activating group) is 1. The molecule has 1 atom stereocenters. The van der Waals surface area contributed by atoms with Crippen LogP contribution in [-0.4, -0.2) is 35.1 Å². The lowest BCUT2D eigenvalue weighted by atomic mass is 10.2. The SMILES string of the molecule is CN(Cc1cc2ccccc2n1C)C(=O)[C@H]1COc2ccccc2O1. The number of hydrogen-bond acceptors (Lipinski definition) is 3. The second-order valence-corrected chi connectivity index (χ2v) is 6.31. The largest absolute Gasteiger partial charge is 0.485 e. The van der Waals surface area contributed by atoms with E-state index in [-0.39, 0.29) is 12.5 Å². The monoisotopic (exact) mass is 336 g/mol. The standard InChI is InChI=1S/C20H20N2O3/c1-21(12-15-11-14-7-3-4-8-16(14)22(15)2)20(23)19-13-24-17-9-5-6-10-18(17)25-19/h3-11,19H,12-13H2,1-2H3/t19-/m1/s1. The summed E-state index contributed by atoms with van der Waals surface area (Å²) in [4.78, 5) is 14.4. The Balaban J connectivity index is 1.50. The van der Waals surface area contributed by atoms with Crippen LogP contribution in [0.2, 0.25) is 0 Å². The molecule has 0 bridgehead atoms. The second-order valence-electron chi connectivity index (χ2n) is 6.31. The van der Waals surface area contributed by atoms with E-state index in [1.807, 2.05) is 43.4 Å². The normalized spacial score (nSPS) is 16.0. The Labute approximate surface area is 146 Å². The molecule has 0 N–H and O–H groups in total. The van der Waals surface area contributed by atoms with Crippen LogP contribution in [0.15, 0.2) is 54.6 Å². The molecule has 1 aromatic heterocycles. The van der Waals surface area contributed by atoms with Gasteiger partial charge in [0.05, 0.1) is 6.54 Å². The Bertz CT molecular complexity index is 932. The van der Waals surface area contributed by atoms with Crippen molar-refractivity contribution in [2.24, 2.45) is 7.05 Å². The maximum absolute atomic E-state index is 12.8. The summed E-state index contributed by atoms with van der Waals surface area (Å²) >= 11 is 0. The molecule has 0 saturated carbocycles. The van der Waals surface area contributed by atoms with Crippen LogP contribution in [0.5, 0.6) is 11.5 Å². The van der Waals surface area contributed by atoms with Gasteiger partial charge in [-0.05, 0) is 29.7 Å². The van der Waals surface area contributed by atoms with Crippen LogP contribution < -0.4 is 9.47 Å². The lowest BCUT2D eigenvalue weighted by molar-refractivity contribution is -0.140. The van der Waals surface area contributed by atoms with E-state index < -0.39 is 6.10 Å². The molecule has 0 radical (unpaired) electrons. The highest BCUT2D eigenvalue weighted by molar-refractivity contribution is 5.83. The number of carbonyl (C=O) groups is 1. The first-order valence-corrected chi connectivity index (χ1v) is 8.30. The summed E-state index contributed by atoms with van der Waals surface area (Å²) < 4.78 is 13.6. The summed E-state index contributed by atoms with van der Waals surface area (Å²) in [6, 6.07) is 17.7. The topological polar surface area (TPSA) is 43.7 Å². The lowest BCUT2D eigenvalue weighted by Crippen LogP contribution is -2.44. The number of nitrogens with zero attached hydrogens (tertiary/aromatic N) is 2. The number of amides is 1. The van der Waals surface area contributed by atoms with E-state index >= 15 is 0 Å². The summed E-state index contributed by atoms with van der Waals surface area (Å²) in [6.45, 7) is 0.751. The van der Waals surface area contributed by atoms with Gasteiger partial charge in [0.1, 0.15) is 6.61 Å². The van der Waals surface area contributed by atoms with E-state index in [4.69, 9.17) is 9.47 Å². The number of ether oxygens (including phenoxy) is 2. The fourth-order valence-electron chi connectivity index (χ4n) is 3.21. The Morgan fingerprint density at radius 1 is 1.16 bits per heavy atom. The highest BCUT2D eigenvalue weighted by Gasteiger charge is 2.30. The van der Waals surface area contributed by atoms with Gasteiger partial charge in [-0.2, -0.15) is 0 Å². The third kappa shape index (κ3) is 2.82. The van der Waals surface area contributed by atoms with E-state index in [0.717, 1.165) is 11.2 Å². The summed E-state index contributed by atoms with van der Waals surface area (Å²) in [5.74, 6) is 1.22. The molecule has 0 saturated heterocycles. The van der Waals surface area contributed by atoms with Gasteiger partial charge in [0, 0.05) is 25.3 Å². The van der Waals surface area contributed by atoms with Gasteiger partial charge in [-0.3, -0.25) is 4.79 Å². The number of fused-ring (bicyclic) bond motifs is 2. The van der Waals surface area contributed by atoms with Gasteiger partial charge >= 0.3 is 0 Å². The summed E-state index contributed by atoms with van der Waals surface area (Å²) in [7, 11) is 3.82. The molecule has 0 fully saturated rings. The molecule has 25 heavy (non-hydrogen) atoms. The van der Waals surface area contributed by atoms with Crippen LogP contribution in [-0.2, 0) is 18.4 Å². The van der Waals surface area contributed by atoms with Crippen molar-refractivity contribution in [1.82, 2.24) is 9.47 Å². The van der Waals surface area contributed by atoms with Crippen LogP contribution in [0.1, 0.15) is 5.69 Å². The van der Waals surface area contributed by atoms with E-state index in [2.05, 4.69) is 22.8 Å². The number of aryl methyl sites for hydroxylation is 1. The van der Waals surface area contributed by atoms with Crippen LogP contribution in [0, 0.1) is 0 Å². The Morgan fingerprint density at radius 3 is 2.68 bits per heavy atom. The average Bonchev–Trinajstić information content (AvgIpc) is 2.96. The molecule has 128 valence electrons. The number of para-hydroxylation sites is 3. The number of aromatic nitrogens is 1. The van der Waals surface area contributed by atoms with Crippen molar-refractivity contribution < 1.29 is 14.3 Å². The van der Waals surface area contributed by atoms with E-state index in [1.165, 1.54) is 5.39 Å². The van der Waals surface area contributed by atoms with Gasteiger partial charge in [-0.25, -0.2) is 0 Å². The maximum Gasteiger partial charge on any atom is 0.267 e. The molecule has 0 spiro atoms. The van der Waals surface area contributed by atoms with Crippen molar-refractivity contribution in [3.05, 3.63) is 60.3 Å². The van der Waals surface area contributed by atoms with E-state index in [0.29, 0.717) is 18.0 Å². The first kappa shape index (κ1) is 15.6. The molecule has 4 rings (SSSR count). The zero-order valence-electron chi connectivity index (χ0n) is 14.3. The van der Waals surface area contributed by atoms with Gasteiger partial charge < -0.3 is 18.9 Å². The van der Waals surface area contributed by atoms with Gasteiger partial charge in [0.2, 0.25) is 6.10 Å². The molecule has 2 heterocycles. The van der Waals surface area contributed by atoms with Gasteiger partial charge in [0.25, 0.3) is 5.91 Å². The van der Waals surface area contributed by atoms with Gasteiger partial charge in [-0.1, -0.05) is 30.3 Å². The molecular weight excluding hydrogens is 316 g/mol. The predicted octanol–water partition coefficient (Wildman–Crippen LogP) is 2.98. The van der Waals surface area contributed by atoms with Crippen LogP contribution in [0.4, 0.5) is 0 Å². The Kier molecular flexibility index (Phi) is 3.84. The van der Waals surface area contributed by atoms with Crippen molar-refractivity contribution in [3.8, 4) is 11.5 Å². The average molecular weight is 336 g/mol. The fourth-order valence-corrected chi connectivity index (χ4v) is 3.21.